The number of primary amides is 1. The number of amides is 4. The Kier molecular flexibility index (Phi) is 11.2. The molecule has 0 aliphatic heterocycles. The van der Waals surface area contributed by atoms with Crippen molar-refractivity contribution < 1.29 is 34.2 Å². The molecule has 33 heavy (non-hydrogen) atoms. The first kappa shape index (κ1) is 27.7. The fourth-order valence-electron chi connectivity index (χ4n) is 2.64. The lowest BCUT2D eigenvalue weighted by Crippen LogP contribution is -2.57. The van der Waals surface area contributed by atoms with Crippen molar-refractivity contribution in [2.45, 2.75) is 50.4 Å². The van der Waals surface area contributed by atoms with Crippen molar-refractivity contribution in [2.75, 3.05) is 5.75 Å². The highest BCUT2D eigenvalue weighted by Crippen LogP contribution is 2.12. The summed E-state index contributed by atoms with van der Waals surface area (Å²) in [7, 11) is 0. The highest BCUT2D eigenvalue weighted by molar-refractivity contribution is 7.80. The Morgan fingerprint density at radius 2 is 1.52 bits per heavy atom. The van der Waals surface area contributed by atoms with Gasteiger partial charge in [-0.1, -0.05) is 12.1 Å². The molecule has 0 aliphatic rings. The van der Waals surface area contributed by atoms with E-state index in [4.69, 9.17) is 16.6 Å². The Hall–Kier alpha value is -3.32. The lowest BCUT2D eigenvalue weighted by Gasteiger charge is -2.24. The van der Waals surface area contributed by atoms with E-state index in [0.717, 1.165) is 0 Å². The summed E-state index contributed by atoms with van der Waals surface area (Å²) in [5.74, 6) is -4.22. The van der Waals surface area contributed by atoms with Crippen LogP contribution in [0, 0.1) is 0 Å². The minimum absolute atomic E-state index is 0.00181. The van der Waals surface area contributed by atoms with Crippen molar-refractivity contribution in [3.63, 3.8) is 0 Å². The molecule has 0 aromatic heterocycles. The van der Waals surface area contributed by atoms with Gasteiger partial charge in [0, 0.05) is 18.6 Å². The average Bonchev–Trinajstić information content (AvgIpc) is 2.76. The van der Waals surface area contributed by atoms with Crippen LogP contribution in [0.15, 0.2) is 24.3 Å². The van der Waals surface area contributed by atoms with Crippen molar-refractivity contribution in [2.24, 2.45) is 11.5 Å². The van der Waals surface area contributed by atoms with Crippen LogP contribution in [0.1, 0.15) is 25.3 Å². The number of carboxylic acid groups (broad SMARTS) is 1. The maximum absolute atomic E-state index is 12.9. The zero-order valence-electron chi connectivity index (χ0n) is 18.0. The minimum atomic E-state index is -1.27. The van der Waals surface area contributed by atoms with Gasteiger partial charge in [-0.15, -0.1) is 0 Å². The van der Waals surface area contributed by atoms with E-state index in [9.17, 15) is 29.1 Å². The molecule has 4 unspecified atom stereocenters. The number of carbonyl (C=O) groups is 5. The summed E-state index contributed by atoms with van der Waals surface area (Å²) >= 11 is 3.93. The van der Waals surface area contributed by atoms with E-state index in [2.05, 4.69) is 28.6 Å². The van der Waals surface area contributed by atoms with Gasteiger partial charge in [0.25, 0.3) is 0 Å². The molecule has 0 aliphatic carbocycles. The summed E-state index contributed by atoms with van der Waals surface area (Å²) in [6.07, 6.45) is -0.415. The number of phenols is 1. The van der Waals surface area contributed by atoms with E-state index in [1.54, 1.807) is 0 Å². The van der Waals surface area contributed by atoms with Gasteiger partial charge in [0.1, 0.15) is 23.9 Å². The number of phenolic OH excluding ortho intramolecular Hbond substituents is 1. The number of benzene rings is 1. The second kappa shape index (κ2) is 13.3. The molecule has 0 radical (unpaired) electrons. The number of aliphatic carboxylic acids is 1. The van der Waals surface area contributed by atoms with Crippen LogP contribution in [0.3, 0.4) is 0 Å². The molecule has 1 rings (SSSR count). The van der Waals surface area contributed by atoms with Gasteiger partial charge in [-0.3, -0.25) is 24.0 Å². The van der Waals surface area contributed by atoms with Gasteiger partial charge in [0.2, 0.25) is 23.6 Å². The van der Waals surface area contributed by atoms with Gasteiger partial charge < -0.3 is 37.6 Å². The molecule has 9 N–H and O–H groups in total. The second-order valence-corrected chi connectivity index (χ2v) is 7.72. The van der Waals surface area contributed by atoms with E-state index < -0.39 is 53.8 Å². The lowest BCUT2D eigenvalue weighted by atomic mass is 10.0. The van der Waals surface area contributed by atoms with E-state index in [1.807, 2.05) is 0 Å². The SMILES string of the molecule is CC(NC(=O)C(Cc1ccc(O)cc1)NC(=O)C(CCC(N)=O)NC(=O)C(N)CS)C(=O)O. The van der Waals surface area contributed by atoms with Crippen LogP contribution < -0.4 is 27.4 Å². The van der Waals surface area contributed by atoms with E-state index in [-0.39, 0.29) is 30.8 Å². The lowest BCUT2D eigenvalue weighted by molar-refractivity contribution is -0.141. The third-order valence-electron chi connectivity index (χ3n) is 4.58. The summed E-state index contributed by atoms with van der Waals surface area (Å²) in [6.45, 7) is 1.26. The topological polar surface area (TPSA) is 214 Å². The molecule has 13 heteroatoms. The molecule has 0 saturated heterocycles. The van der Waals surface area contributed by atoms with Gasteiger partial charge in [-0.05, 0) is 31.0 Å². The standard InChI is InChI=1S/C20H29N5O7S/c1-10(20(31)32)23-19(30)15(8-11-2-4-12(26)5-3-11)25-18(29)14(6-7-16(22)27)24-17(28)13(21)9-33/h2-5,10,13-15,26,33H,6-9,21H2,1H3,(H2,22,27)(H,23,30)(H,24,28)(H,25,29)(H,31,32). The molecule has 4 atom stereocenters. The predicted octanol–water partition coefficient (Wildman–Crippen LogP) is -1.98. The Balaban J connectivity index is 3.09. The highest BCUT2D eigenvalue weighted by Gasteiger charge is 2.29. The molecule has 1 aromatic rings. The molecule has 0 spiro atoms. The molecule has 4 amide bonds. The van der Waals surface area contributed by atoms with Crippen molar-refractivity contribution in [1.82, 2.24) is 16.0 Å². The number of rotatable bonds is 13. The molecule has 0 heterocycles. The molecule has 182 valence electrons. The summed E-state index contributed by atoms with van der Waals surface area (Å²) in [4.78, 5) is 60.0. The average molecular weight is 484 g/mol. The fourth-order valence-corrected chi connectivity index (χ4v) is 2.81. The van der Waals surface area contributed by atoms with Gasteiger partial charge in [0.15, 0.2) is 0 Å². The van der Waals surface area contributed by atoms with Crippen molar-refractivity contribution in [3.8, 4) is 5.75 Å². The number of aromatic hydroxyl groups is 1. The van der Waals surface area contributed by atoms with Gasteiger partial charge >= 0.3 is 5.97 Å². The third-order valence-corrected chi connectivity index (χ3v) is 4.98. The third kappa shape index (κ3) is 9.78. The second-order valence-electron chi connectivity index (χ2n) is 7.36. The number of thiol groups is 1. The first-order valence-corrected chi connectivity index (χ1v) is 10.6. The molecule has 0 bridgehead atoms. The number of carboxylic acids is 1. The number of nitrogens with two attached hydrogens (primary N) is 2. The number of carbonyl (C=O) groups excluding carboxylic acids is 4. The molecule has 12 nitrogen and oxygen atoms in total. The molecular weight excluding hydrogens is 454 g/mol. The highest BCUT2D eigenvalue weighted by atomic mass is 32.1. The Morgan fingerprint density at radius 1 is 0.970 bits per heavy atom. The minimum Gasteiger partial charge on any atom is -0.508 e. The first-order chi connectivity index (χ1) is 15.4. The normalized spacial score (nSPS) is 14.3. The summed E-state index contributed by atoms with van der Waals surface area (Å²) in [5, 5.41) is 25.7. The summed E-state index contributed by atoms with van der Waals surface area (Å²) in [5.41, 5.74) is 11.3. The molecule has 0 saturated carbocycles. The predicted molar refractivity (Wildman–Crippen MR) is 121 cm³/mol. The molecule has 1 aromatic carbocycles. The number of hydrogen-bond donors (Lipinski definition) is 8. The van der Waals surface area contributed by atoms with Crippen molar-refractivity contribution >= 4 is 42.2 Å². The number of hydrogen-bond acceptors (Lipinski definition) is 8. The van der Waals surface area contributed by atoms with E-state index in [1.165, 1.54) is 31.2 Å². The van der Waals surface area contributed by atoms with Crippen molar-refractivity contribution in [1.29, 1.82) is 0 Å². The van der Waals surface area contributed by atoms with Gasteiger partial charge in [0.05, 0.1) is 6.04 Å². The molecule has 0 fully saturated rings. The Morgan fingerprint density at radius 3 is 2.03 bits per heavy atom. The van der Waals surface area contributed by atoms with Crippen LogP contribution in [-0.4, -0.2) is 69.7 Å². The van der Waals surface area contributed by atoms with Crippen molar-refractivity contribution in [3.05, 3.63) is 29.8 Å². The maximum atomic E-state index is 12.9. The van der Waals surface area contributed by atoms with Crippen LogP contribution in [-0.2, 0) is 30.4 Å². The smallest absolute Gasteiger partial charge is 0.325 e. The first-order valence-electron chi connectivity index (χ1n) is 10.0. The summed E-state index contributed by atoms with van der Waals surface area (Å²) in [6, 6.07) is 1.14. The monoisotopic (exact) mass is 483 g/mol. The largest absolute Gasteiger partial charge is 0.508 e. The zero-order chi connectivity index (χ0) is 25.1. The van der Waals surface area contributed by atoms with Crippen LogP contribution in [0.25, 0.3) is 0 Å². The summed E-state index contributed by atoms with van der Waals surface area (Å²) < 4.78 is 0. The molecular formula is C20H29N5O7S. The van der Waals surface area contributed by atoms with Crippen LogP contribution >= 0.6 is 12.6 Å². The Bertz CT molecular complexity index is 865. The van der Waals surface area contributed by atoms with E-state index >= 15 is 0 Å². The van der Waals surface area contributed by atoms with Crippen LogP contribution in [0.5, 0.6) is 5.75 Å². The van der Waals surface area contributed by atoms with Gasteiger partial charge in [-0.2, -0.15) is 12.6 Å². The maximum Gasteiger partial charge on any atom is 0.325 e. The fraction of sp³-hybridized carbons (Fsp3) is 0.450. The van der Waals surface area contributed by atoms with Crippen LogP contribution in [0.4, 0.5) is 0 Å². The Labute approximate surface area is 195 Å². The number of nitrogens with one attached hydrogen (secondary N) is 3. The quantitative estimate of drug-likeness (QED) is 0.147. The van der Waals surface area contributed by atoms with E-state index in [0.29, 0.717) is 5.56 Å². The van der Waals surface area contributed by atoms with Gasteiger partial charge in [-0.25, -0.2) is 0 Å². The zero-order valence-corrected chi connectivity index (χ0v) is 18.9. The van der Waals surface area contributed by atoms with Crippen LogP contribution in [0.2, 0.25) is 0 Å².